The maximum absolute atomic E-state index is 11.3. The molecule has 10 nitrogen and oxygen atoms in total. The van der Waals surface area contributed by atoms with Crippen LogP contribution in [0.4, 0.5) is 0 Å². The van der Waals surface area contributed by atoms with Gasteiger partial charge in [0.25, 0.3) is 0 Å². The first-order valence-corrected chi connectivity index (χ1v) is 12.6. The van der Waals surface area contributed by atoms with Gasteiger partial charge in [-0.2, -0.15) is 0 Å². The normalized spacial score (nSPS) is 9.91. The molecule has 0 bridgehead atoms. The fourth-order valence-electron chi connectivity index (χ4n) is 4.01. The molecule has 0 unspecified atom stereocenters. The Morgan fingerprint density at radius 3 is 1.45 bits per heavy atom. The molecule has 0 radical (unpaired) electrons. The minimum atomic E-state index is -1.14. The van der Waals surface area contributed by atoms with Gasteiger partial charge < -0.3 is 30.3 Å². The number of benzene rings is 4. The number of hydrogen-bond donors (Lipinski definition) is 2. The molecule has 2 aromatic heterocycles. The van der Waals surface area contributed by atoms with Crippen molar-refractivity contribution in [3.63, 3.8) is 0 Å². The van der Waals surface area contributed by atoms with Gasteiger partial charge in [-0.3, -0.25) is 0 Å². The van der Waals surface area contributed by atoms with Gasteiger partial charge in [0.2, 0.25) is 0 Å². The molecular weight excluding hydrogens is 579 g/mol. The Morgan fingerprint density at radius 1 is 0.545 bits per heavy atom. The molecule has 214 valence electrons. The number of nitrogens with zero attached hydrogens (tertiary/aromatic N) is 2. The van der Waals surface area contributed by atoms with Gasteiger partial charge in [0.15, 0.2) is 0 Å². The Morgan fingerprint density at radius 2 is 1.00 bits per heavy atom. The number of carboxylic acid groups (broad SMARTS) is 3. The summed E-state index contributed by atoms with van der Waals surface area (Å²) >= 11 is 0. The molecule has 44 heavy (non-hydrogen) atoms. The molecule has 0 amide bonds. The van der Waals surface area contributed by atoms with E-state index in [1.54, 1.807) is 54.6 Å². The van der Waals surface area contributed by atoms with Gasteiger partial charge >= 0.3 is 29.3 Å². The molecular formula is C33H21AlN2O8. The zero-order chi connectivity index (χ0) is 30.9. The van der Waals surface area contributed by atoms with Crippen molar-refractivity contribution in [1.82, 2.24) is 9.97 Å². The first-order valence-electron chi connectivity index (χ1n) is 12.6. The average molecular weight is 601 g/mol. The number of pyridine rings is 2. The van der Waals surface area contributed by atoms with Crippen molar-refractivity contribution in [1.29, 1.82) is 0 Å². The van der Waals surface area contributed by atoms with Crippen LogP contribution in [0.25, 0.3) is 32.9 Å². The standard InChI is InChI=1S/C13H10O2.2C10H7NO3.Al/c14-13(15)12-9-5-4-8-11(12)10-6-2-1-3-7-10;2*12-8-3-1-2-6-4-5-7(10(13)14)11-9(6)8;/h1-9H,(H,14,15);2*1-5,12H,(H,13,14);/q;;;+3/p-3. The molecule has 6 aromatic rings. The molecule has 6 rings (SSSR count). The van der Waals surface area contributed by atoms with E-state index in [4.69, 9.17) is 10.2 Å². The third kappa shape index (κ3) is 7.95. The van der Waals surface area contributed by atoms with Crippen molar-refractivity contribution in [2.75, 3.05) is 0 Å². The van der Waals surface area contributed by atoms with E-state index < -0.39 is 17.9 Å². The Bertz CT molecular complexity index is 1850. The Balaban J connectivity index is 0.000000178. The average Bonchev–Trinajstić information content (AvgIpc) is 3.02. The maximum atomic E-state index is 11.3. The van der Waals surface area contributed by atoms with Crippen LogP contribution in [0, 0.1) is 0 Å². The van der Waals surface area contributed by atoms with Crippen LogP contribution in [0.15, 0.2) is 115 Å². The van der Waals surface area contributed by atoms with E-state index >= 15 is 0 Å². The second-order valence-corrected chi connectivity index (χ2v) is 8.86. The second-order valence-electron chi connectivity index (χ2n) is 8.86. The van der Waals surface area contributed by atoms with E-state index in [0.29, 0.717) is 16.3 Å². The van der Waals surface area contributed by atoms with Crippen molar-refractivity contribution < 1.29 is 39.9 Å². The number of aromatic nitrogens is 2. The van der Waals surface area contributed by atoms with Crippen LogP contribution in [-0.2, 0) is 0 Å². The van der Waals surface area contributed by atoms with E-state index in [1.165, 1.54) is 24.3 Å². The van der Waals surface area contributed by atoms with E-state index in [1.807, 2.05) is 36.4 Å². The van der Waals surface area contributed by atoms with Crippen LogP contribution in [0.2, 0.25) is 0 Å². The van der Waals surface area contributed by atoms with Crippen molar-refractivity contribution >= 4 is 57.1 Å². The minimum Gasteiger partial charge on any atom is -0.871 e. The van der Waals surface area contributed by atoms with Gasteiger partial charge in [-0.1, -0.05) is 115 Å². The van der Waals surface area contributed by atoms with Gasteiger partial charge in [0, 0.05) is 5.56 Å². The monoisotopic (exact) mass is 600 g/mol. The van der Waals surface area contributed by atoms with Crippen LogP contribution < -0.4 is 15.3 Å². The summed E-state index contributed by atoms with van der Waals surface area (Å²) in [5.74, 6) is -3.92. The number of carboxylic acids is 3. The van der Waals surface area contributed by atoms with Crippen molar-refractivity contribution in [3.05, 3.63) is 132 Å². The molecule has 0 fully saturated rings. The van der Waals surface area contributed by atoms with Crippen LogP contribution in [0.3, 0.4) is 0 Å². The SMILES string of the molecule is O=C(O)c1ccc2cccc([O-])c2n1.O=C(O)c1ccc2cccc([O-])c2n1.O=C([O-])c1ccccc1-c1ccccc1.[Al+3]. The summed E-state index contributed by atoms with van der Waals surface area (Å²) in [6.45, 7) is 0. The molecule has 0 aliphatic carbocycles. The van der Waals surface area contributed by atoms with Gasteiger partial charge in [0.1, 0.15) is 11.4 Å². The Labute approximate surface area is 261 Å². The molecule has 0 atom stereocenters. The summed E-state index contributed by atoms with van der Waals surface area (Å²) in [5.41, 5.74) is 1.99. The molecule has 4 aromatic carbocycles. The van der Waals surface area contributed by atoms with Gasteiger partial charge in [-0.25, -0.2) is 19.6 Å². The number of aromatic carboxylic acids is 3. The van der Waals surface area contributed by atoms with E-state index in [2.05, 4.69) is 9.97 Å². The molecule has 2 heterocycles. The minimum absolute atomic E-state index is 0. The van der Waals surface area contributed by atoms with Crippen LogP contribution in [0.5, 0.6) is 11.5 Å². The van der Waals surface area contributed by atoms with Crippen LogP contribution >= 0.6 is 0 Å². The number of fused-ring (bicyclic) bond motifs is 2. The summed E-state index contributed by atoms with van der Waals surface area (Å²) in [4.78, 5) is 39.6. The number of carbonyl (C=O) groups excluding carboxylic acids is 1. The zero-order valence-electron chi connectivity index (χ0n) is 22.8. The first kappa shape index (κ1) is 32.8. The molecule has 2 N–H and O–H groups in total. The largest absolute Gasteiger partial charge is 3.00 e. The zero-order valence-corrected chi connectivity index (χ0v) is 23.9. The van der Waals surface area contributed by atoms with Gasteiger partial charge in [0.05, 0.1) is 17.0 Å². The summed E-state index contributed by atoms with van der Waals surface area (Å²) in [6, 6.07) is 31.5. The van der Waals surface area contributed by atoms with Crippen LogP contribution in [-0.4, -0.2) is 55.4 Å². The molecule has 0 saturated carbocycles. The third-order valence-electron chi connectivity index (χ3n) is 6.04. The number of rotatable bonds is 4. The predicted octanol–water partition coefficient (Wildman–Crippen LogP) is 3.35. The summed E-state index contributed by atoms with van der Waals surface area (Å²) in [7, 11) is 0. The van der Waals surface area contributed by atoms with Gasteiger partial charge in [-0.05, 0) is 34.0 Å². The van der Waals surface area contributed by atoms with Crippen molar-refractivity contribution in [2.24, 2.45) is 0 Å². The summed E-state index contributed by atoms with van der Waals surface area (Å²) in [5, 5.41) is 52.1. The van der Waals surface area contributed by atoms with Gasteiger partial charge in [-0.15, -0.1) is 0 Å². The van der Waals surface area contributed by atoms with E-state index in [9.17, 15) is 29.7 Å². The molecule has 0 saturated heterocycles. The fourth-order valence-corrected chi connectivity index (χ4v) is 4.01. The van der Waals surface area contributed by atoms with Crippen molar-refractivity contribution in [2.45, 2.75) is 0 Å². The Hall–Kier alpha value is -5.76. The first-order chi connectivity index (χ1) is 20.7. The Kier molecular flexibility index (Phi) is 11.1. The predicted molar refractivity (Wildman–Crippen MR) is 158 cm³/mol. The molecule has 0 aliphatic heterocycles. The molecule has 0 aliphatic rings. The fraction of sp³-hybridized carbons (Fsp3) is 0. The number of para-hydroxylation sites is 2. The van der Waals surface area contributed by atoms with E-state index in [0.717, 1.165) is 5.56 Å². The molecule has 11 heteroatoms. The summed E-state index contributed by atoms with van der Waals surface area (Å²) in [6.07, 6.45) is 0. The summed E-state index contributed by atoms with van der Waals surface area (Å²) < 4.78 is 0. The smallest absolute Gasteiger partial charge is 0.871 e. The van der Waals surface area contributed by atoms with Crippen molar-refractivity contribution in [3.8, 4) is 22.6 Å². The molecule has 0 spiro atoms. The van der Waals surface area contributed by atoms with Crippen LogP contribution in [0.1, 0.15) is 31.3 Å². The maximum Gasteiger partial charge on any atom is 3.00 e. The van der Waals surface area contributed by atoms with E-state index in [-0.39, 0.29) is 56.8 Å². The quantitative estimate of drug-likeness (QED) is 0.284. The topological polar surface area (TPSA) is 187 Å². The second kappa shape index (κ2) is 14.9. The number of hydrogen-bond acceptors (Lipinski definition) is 8. The third-order valence-corrected chi connectivity index (χ3v) is 6.04. The number of carbonyl (C=O) groups is 3.